The largest absolute Gasteiger partial charge is 0.388 e. The number of imide groups is 1. The van der Waals surface area contributed by atoms with Gasteiger partial charge in [-0.15, -0.1) is 0 Å². The summed E-state index contributed by atoms with van der Waals surface area (Å²) in [6.07, 6.45) is -1.22. The number of rotatable bonds is 43. The molecule has 30 nitrogen and oxygen atoms in total. The second-order valence-corrected chi connectivity index (χ2v) is 29.0. The molecule has 0 saturated carbocycles. The van der Waals surface area contributed by atoms with E-state index in [-0.39, 0.29) is 106 Å². The van der Waals surface area contributed by atoms with Crippen LogP contribution < -0.4 is 48.3 Å². The monoisotopic (exact) mass is 1470 g/mol. The Labute approximate surface area is 617 Å². The maximum Gasteiger partial charge on any atom is 0.312 e. The fourth-order valence-corrected chi connectivity index (χ4v) is 13.8. The predicted molar refractivity (Wildman–Crippen MR) is 393 cm³/mol. The summed E-state index contributed by atoms with van der Waals surface area (Å²) in [6, 6.07) is 9.32. The van der Waals surface area contributed by atoms with Crippen molar-refractivity contribution in [2.24, 2.45) is 35.3 Å². The van der Waals surface area contributed by atoms with Gasteiger partial charge in [-0.1, -0.05) is 118 Å². The normalized spacial score (nSPS) is 20.1. The maximum atomic E-state index is 14.7. The highest BCUT2D eigenvalue weighted by molar-refractivity contribution is 6.12. The van der Waals surface area contributed by atoms with Crippen molar-refractivity contribution in [1.29, 1.82) is 0 Å². The zero-order chi connectivity index (χ0) is 77.9. The number of amides is 13. The predicted octanol–water partition coefficient (Wildman–Crippen LogP) is 1.82. The zero-order valence-electron chi connectivity index (χ0n) is 63.6. The molecule has 13 amide bonds. The molecule has 2 aromatic rings. The molecule has 0 aromatic heterocycles. The summed E-state index contributed by atoms with van der Waals surface area (Å²) in [5.41, 5.74) is 7.19. The van der Waals surface area contributed by atoms with E-state index in [1.807, 2.05) is 90.9 Å². The minimum Gasteiger partial charge on any atom is -0.388 e. The molecule has 30 heteroatoms. The molecule has 2 saturated heterocycles. The van der Waals surface area contributed by atoms with Crippen LogP contribution in [0.2, 0.25) is 0 Å². The molecule has 105 heavy (non-hydrogen) atoms. The number of ether oxygens (including phenoxy) is 3. The third kappa shape index (κ3) is 25.7. The van der Waals surface area contributed by atoms with E-state index in [2.05, 4.69) is 42.5 Å². The fraction of sp³-hybridized carbons (Fsp3) is 0.653. The summed E-state index contributed by atoms with van der Waals surface area (Å²) in [5.74, 6) is -6.98. The third-order valence-electron chi connectivity index (χ3n) is 20.0. The number of aliphatic hydroxyl groups excluding tert-OH is 2. The number of nitrogens with zero attached hydrogens (tertiary/aromatic N) is 4. The Kier molecular flexibility index (Phi) is 35.4. The molecule has 2 aromatic carbocycles. The van der Waals surface area contributed by atoms with Crippen molar-refractivity contribution in [3.8, 4) is 0 Å². The first kappa shape index (κ1) is 87.2. The van der Waals surface area contributed by atoms with Gasteiger partial charge in [0.05, 0.1) is 42.7 Å². The van der Waals surface area contributed by atoms with Gasteiger partial charge >= 0.3 is 6.03 Å². The second-order valence-electron chi connectivity index (χ2n) is 29.0. The van der Waals surface area contributed by atoms with Crippen molar-refractivity contribution >= 4 is 76.7 Å². The molecular weight excluding hydrogens is 1350 g/mol. The third-order valence-corrected chi connectivity index (χ3v) is 20.0. The lowest BCUT2D eigenvalue weighted by Gasteiger charge is -2.41. The molecule has 0 radical (unpaired) electrons. The van der Waals surface area contributed by atoms with Gasteiger partial charge in [-0.25, -0.2) is 4.79 Å². The van der Waals surface area contributed by atoms with Crippen LogP contribution in [0, 0.1) is 29.6 Å². The van der Waals surface area contributed by atoms with E-state index in [4.69, 9.17) is 19.9 Å². The fourth-order valence-electron chi connectivity index (χ4n) is 13.8. The number of nitrogens with two attached hydrogens (primary N) is 1. The Bertz CT molecular complexity index is 3240. The van der Waals surface area contributed by atoms with Crippen LogP contribution in [-0.2, 0) is 79.8 Å². The van der Waals surface area contributed by atoms with Crippen LogP contribution in [0.25, 0.3) is 0 Å². The number of likely N-dealkylation sites (tertiary alicyclic amines) is 1. The number of benzene rings is 2. The molecule has 0 bridgehead atoms. The van der Waals surface area contributed by atoms with Gasteiger partial charge in [0.25, 0.3) is 17.7 Å². The number of hydrogen-bond donors (Lipinski definition) is 11. The first-order chi connectivity index (χ1) is 49.7. The van der Waals surface area contributed by atoms with Crippen molar-refractivity contribution in [3.05, 3.63) is 77.9 Å². The van der Waals surface area contributed by atoms with E-state index in [0.717, 1.165) is 16.0 Å². The Morgan fingerprint density at radius 2 is 1.32 bits per heavy atom. The number of nitrogens with one attached hydrogen (secondary N) is 8. The van der Waals surface area contributed by atoms with Crippen molar-refractivity contribution in [2.45, 2.75) is 218 Å². The summed E-state index contributed by atoms with van der Waals surface area (Å²) in [4.78, 5) is 167. The number of hydrogen-bond acceptors (Lipinski definition) is 18. The summed E-state index contributed by atoms with van der Waals surface area (Å²) in [5, 5.41) is 43.9. The van der Waals surface area contributed by atoms with Gasteiger partial charge in [0.2, 0.25) is 47.3 Å². The Morgan fingerprint density at radius 3 is 1.91 bits per heavy atom. The highest BCUT2D eigenvalue weighted by Crippen LogP contribution is 2.31. The van der Waals surface area contributed by atoms with E-state index in [1.54, 1.807) is 61.9 Å². The molecule has 584 valence electrons. The van der Waals surface area contributed by atoms with Crippen LogP contribution >= 0.6 is 0 Å². The van der Waals surface area contributed by atoms with E-state index >= 15 is 0 Å². The number of urea groups is 1. The topological polar surface area (TPSA) is 408 Å². The number of carbonyl (C=O) groups is 12. The number of primary amides is 1. The lowest BCUT2D eigenvalue weighted by molar-refractivity contribution is -0.148. The average Bonchev–Trinajstić information content (AvgIpc) is 1.79. The molecule has 3 aliphatic rings. The molecule has 15 atom stereocenters. The molecule has 5 rings (SSSR count). The lowest BCUT2D eigenvalue weighted by atomic mass is 9.89. The van der Waals surface area contributed by atoms with Gasteiger partial charge < -0.3 is 82.5 Å². The second kappa shape index (κ2) is 42.7. The Balaban J connectivity index is 1.18. The summed E-state index contributed by atoms with van der Waals surface area (Å²) >= 11 is 0. The van der Waals surface area contributed by atoms with E-state index < -0.39 is 132 Å². The van der Waals surface area contributed by atoms with Crippen LogP contribution in [-0.4, -0.2) is 248 Å². The van der Waals surface area contributed by atoms with Crippen LogP contribution in [0.1, 0.15) is 138 Å². The molecule has 3 heterocycles. The zero-order valence-corrected chi connectivity index (χ0v) is 63.6. The molecule has 2 fully saturated rings. The lowest BCUT2D eigenvalue weighted by Crippen LogP contribution is -2.59. The van der Waals surface area contributed by atoms with Gasteiger partial charge in [-0.2, -0.15) is 0 Å². The SMILES string of the molecule is CC[C@H](C)[C@@H]([C@@H](CC(=O)N1CCC[C@H]1[C@H](OC)[C@@H](C)C(=O)N[C@@H](Cc1ccccc1)C(=O)NCCc1ccc(NC(=O)[C@@H](CCCNC(N)=O)NC(=O)C(NC(=O)C2O[C@H](CNC(=O)CCCCCN3C(=O)C=CC3=O)C(O)C2O)C(C)C)cc1)OC)N(C)C(=O)C(NC(=O)[C@H](C(C)C)N(C)C)C(C)C. The van der Waals surface area contributed by atoms with Gasteiger partial charge in [0, 0.05) is 84.7 Å². The van der Waals surface area contributed by atoms with Crippen molar-refractivity contribution in [3.63, 3.8) is 0 Å². The standard InChI is InChI=1S/C75H117N13O17/c1-15-46(8)63(86(12)74(101)61(44(4)5)84-72(99)62(45(6)7)85(10)11)54(103-13)41-59(92)87-39-23-27-53(87)66(104-14)47(9)68(95)82-52(40-49-24-18-16-19-25-49)69(96)77-37-35-48-29-31-50(32-30-48)80-70(97)51(26-22-36-78-75(76)102)81-71(98)60(43(2)3)83-73(100)67-65(94)64(93)55(105-67)42-79-56(89)28-20-17-21-38-88-57(90)33-34-58(88)91/h16,18-19,24-25,29-34,43-47,51-55,60-67,93-94H,15,17,20-23,26-28,35-42H2,1-14H3,(H,77,96)(H,79,89)(H,80,97)(H,81,98)(H,82,95)(H,83,100)(H,84,99)(H3,76,78,102)/t46-,47+,51+,52-,53-,54+,55+,60?,61?,62-,63-,64?,65?,66+,67?/m0/s1. The first-order valence-corrected chi connectivity index (χ1v) is 36.8. The van der Waals surface area contributed by atoms with Crippen molar-refractivity contribution in [2.75, 3.05) is 73.4 Å². The number of anilines is 1. The number of likely N-dealkylation sites (N-methyl/N-ethyl adjacent to an activating group) is 2. The quantitative estimate of drug-likeness (QED) is 0.0333. The minimum atomic E-state index is -1.73. The number of methoxy groups -OCH3 is 2. The first-order valence-electron chi connectivity index (χ1n) is 36.8. The molecule has 12 N–H and O–H groups in total. The highest BCUT2D eigenvalue weighted by atomic mass is 16.5. The summed E-state index contributed by atoms with van der Waals surface area (Å²) in [6.45, 7) is 17.3. The number of aliphatic hydroxyl groups is 2. The van der Waals surface area contributed by atoms with Crippen LogP contribution in [0.4, 0.5) is 10.5 Å². The van der Waals surface area contributed by atoms with E-state index in [1.165, 1.54) is 26.4 Å². The Morgan fingerprint density at radius 1 is 0.676 bits per heavy atom. The van der Waals surface area contributed by atoms with Crippen LogP contribution in [0.15, 0.2) is 66.7 Å². The smallest absolute Gasteiger partial charge is 0.312 e. The van der Waals surface area contributed by atoms with Gasteiger partial charge in [-0.05, 0) is 106 Å². The average molecular weight is 1470 g/mol. The molecule has 5 unspecified atom stereocenters. The van der Waals surface area contributed by atoms with E-state index in [9.17, 15) is 67.7 Å². The van der Waals surface area contributed by atoms with Crippen molar-refractivity contribution in [1.82, 2.24) is 56.8 Å². The molecule has 0 aliphatic carbocycles. The Hall–Kier alpha value is -8.42. The maximum absolute atomic E-state index is 14.7. The molecule has 0 spiro atoms. The van der Waals surface area contributed by atoms with Crippen LogP contribution in [0.5, 0.6) is 0 Å². The van der Waals surface area contributed by atoms with Crippen molar-refractivity contribution < 1.29 is 82.0 Å². The summed E-state index contributed by atoms with van der Waals surface area (Å²) in [7, 11) is 8.37. The number of unbranched alkanes of at least 4 members (excludes halogenated alkanes) is 2. The minimum absolute atomic E-state index is 0.00972. The highest BCUT2D eigenvalue weighted by Gasteiger charge is 2.48. The van der Waals surface area contributed by atoms with Crippen LogP contribution in [0.3, 0.4) is 0 Å². The van der Waals surface area contributed by atoms with Gasteiger partial charge in [0.1, 0.15) is 42.5 Å². The summed E-state index contributed by atoms with van der Waals surface area (Å²) < 4.78 is 17.9. The van der Waals surface area contributed by atoms with E-state index in [0.29, 0.717) is 57.2 Å². The van der Waals surface area contributed by atoms with Gasteiger partial charge in [-0.3, -0.25) is 62.5 Å². The molecular formula is C75H117N13O17. The number of carbonyl (C=O) groups excluding carboxylic acids is 12. The molecule has 3 aliphatic heterocycles. The van der Waals surface area contributed by atoms with Gasteiger partial charge in [0.15, 0.2) is 6.10 Å².